The van der Waals surface area contributed by atoms with Crippen molar-refractivity contribution in [3.05, 3.63) is 0 Å². The van der Waals surface area contributed by atoms with E-state index in [0.29, 0.717) is 19.3 Å². The molecule has 0 aliphatic heterocycles. The average Bonchev–Trinajstić information content (AvgIpc) is 3.22. The zero-order valence-electron chi connectivity index (χ0n) is 41.3. The predicted octanol–water partition coefficient (Wildman–Crippen LogP) is 17.2. The van der Waals surface area contributed by atoms with Crippen molar-refractivity contribution in [2.45, 2.75) is 298 Å². The molecule has 0 rings (SSSR count). The van der Waals surface area contributed by atoms with Gasteiger partial charge in [-0.2, -0.15) is 0 Å². The number of ether oxygens (including phenoxy) is 3. The second kappa shape index (κ2) is 45.4. The van der Waals surface area contributed by atoms with Crippen molar-refractivity contribution < 1.29 is 28.6 Å². The summed E-state index contributed by atoms with van der Waals surface area (Å²) in [6, 6.07) is 0. The topological polar surface area (TPSA) is 78.9 Å². The van der Waals surface area contributed by atoms with Gasteiger partial charge in [0.1, 0.15) is 13.2 Å². The molecule has 0 saturated heterocycles. The molecule has 0 saturated carbocycles. The summed E-state index contributed by atoms with van der Waals surface area (Å²) >= 11 is 0. The van der Waals surface area contributed by atoms with Gasteiger partial charge in [0.2, 0.25) is 0 Å². The first kappa shape index (κ1) is 58.4. The molecule has 0 aromatic heterocycles. The summed E-state index contributed by atoms with van der Waals surface area (Å²) in [6.45, 7) is 13.7. The fourth-order valence-electron chi connectivity index (χ4n) is 8.08. The molecule has 60 heavy (non-hydrogen) atoms. The van der Waals surface area contributed by atoms with Crippen molar-refractivity contribution >= 4 is 17.9 Å². The molecule has 0 spiro atoms. The number of rotatable bonds is 47. The van der Waals surface area contributed by atoms with Crippen LogP contribution in [0.15, 0.2) is 0 Å². The van der Waals surface area contributed by atoms with E-state index in [9.17, 15) is 14.4 Å². The lowest BCUT2D eigenvalue weighted by molar-refractivity contribution is -0.167. The second-order valence-electron chi connectivity index (χ2n) is 19.7. The molecule has 2 atom stereocenters. The molecule has 0 heterocycles. The SMILES string of the molecule is CCC(C)CCCCCCCCCCC(=O)OC[C@@H](COC(=O)CCCCCCCCC(C)C)OC(=O)CCCCCCCCCCCCCCCCCCCCC(C)C. The molecule has 0 aromatic carbocycles. The van der Waals surface area contributed by atoms with E-state index in [0.717, 1.165) is 75.5 Å². The first-order valence-corrected chi connectivity index (χ1v) is 26.6. The highest BCUT2D eigenvalue weighted by Gasteiger charge is 2.19. The van der Waals surface area contributed by atoms with Gasteiger partial charge in [-0.3, -0.25) is 14.4 Å². The van der Waals surface area contributed by atoms with Crippen LogP contribution in [0.1, 0.15) is 292 Å². The third-order valence-corrected chi connectivity index (χ3v) is 12.5. The Balaban J connectivity index is 4.21. The van der Waals surface area contributed by atoms with Gasteiger partial charge < -0.3 is 14.2 Å². The lowest BCUT2D eigenvalue weighted by Crippen LogP contribution is -2.30. The number of esters is 3. The molecule has 356 valence electrons. The highest BCUT2D eigenvalue weighted by Crippen LogP contribution is 2.18. The largest absolute Gasteiger partial charge is 0.462 e. The van der Waals surface area contributed by atoms with Crippen LogP contribution in [-0.4, -0.2) is 37.2 Å². The van der Waals surface area contributed by atoms with Crippen LogP contribution in [0.4, 0.5) is 0 Å². The lowest BCUT2D eigenvalue weighted by atomic mass is 9.99. The molecule has 0 N–H and O–H groups in total. The van der Waals surface area contributed by atoms with E-state index in [4.69, 9.17) is 14.2 Å². The monoisotopic (exact) mass is 849 g/mol. The van der Waals surface area contributed by atoms with Gasteiger partial charge in [-0.05, 0) is 37.0 Å². The lowest BCUT2D eigenvalue weighted by Gasteiger charge is -2.18. The molecule has 0 aliphatic rings. The van der Waals surface area contributed by atoms with Crippen LogP contribution in [0.25, 0.3) is 0 Å². The van der Waals surface area contributed by atoms with Crippen LogP contribution in [0.5, 0.6) is 0 Å². The molecule has 0 fully saturated rings. The van der Waals surface area contributed by atoms with Crippen molar-refractivity contribution in [1.82, 2.24) is 0 Å². The molecule has 0 bridgehead atoms. The molecule has 1 unspecified atom stereocenters. The summed E-state index contributed by atoms with van der Waals surface area (Å²) in [5.41, 5.74) is 0. The summed E-state index contributed by atoms with van der Waals surface area (Å²) in [5, 5.41) is 0. The van der Waals surface area contributed by atoms with Crippen LogP contribution < -0.4 is 0 Å². The maximum absolute atomic E-state index is 12.8. The van der Waals surface area contributed by atoms with Crippen molar-refractivity contribution in [1.29, 1.82) is 0 Å². The van der Waals surface area contributed by atoms with Crippen LogP contribution in [-0.2, 0) is 28.6 Å². The standard InChI is InChI=1S/C54H104O6/c1-7-50(6)42-36-30-23-20-21-24-31-37-43-52(55)58-46-51(47-59-53(56)44-38-32-27-26-29-35-41-49(4)5)60-54(57)45-39-33-25-19-17-15-13-11-9-8-10-12-14-16-18-22-28-34-40-48(2)3/h48-51H,7-47H2,1-6H3/t50?,51-/m0/s1. The molecular formula is C54H104O6. The Morgan fingerprint density at radius 1 is 0.333 bits per heavy atom. The average molecular weight is 849 g/mol. The number of hydrogen-bond donors (Lipinski definition) is 0. The summed E-state index contributed by atoms with van der Waals surface area (Å²) in [7, 11) is 0. The van der Waals surface area contributed by atoms with Crippen LogP contribution in [0.3, 0.4) is 0 Å². The van der Waals surface area contributed by atoms with Crippen LogP contribution >= 0.6 is 0 Å². The Labute approximate surface area is 374 Å². The van der Waals surface area contributed by atoms with Gasteiger partial charge in [-0.1, -0.05) is 253 Å². The highest BCUT2D eigenvalue weighted by molar-refractivity contribution is 5.71. The molecule has 0 aromatic rings. The number of unbranched alkanes of at least 4 members (excludes halogenated alkanes) is 29. The van der Waals surface area contributed by atoms with Crippen molar-refractivity contribution in [3.8, 4) is 0 Å². The van der Waals surface area contributed by atoms with Crippen molar-refractivity contribution in [3.63, 3.8) is 0 Å². The molecule has 0 amide bonds. The van der Waals surface area contributed by atoms with Gasteiger partial charge in [0.25, 0.3) is 0 Å². The summed E-state index contributed by atoms with van der Waals surface area (Å²) in [6.07, 6.45) is 45.4. The van der Waals surface area contributed by atoms with E-state index >= 15 is 0 Å². The van der Waals surface area contributed by atoms with Crippen LogP contribution in [0, 0.1) is 17.8 Å². The minimum Gasteiger partial charge on any atom is -0.462 e. The van der Waals surface area contributed by atoms with E-state index in [1.165, 1.54) is 173 Å². The van der Waals surface area contributed by atoms with E-state index < -0.39 is 6.10 Å². The zero-order valence-corrected chi connectivity index (χ0v) is 41.3. The first-order chi connectivity index (χ1) is 29.1. The van der Waals surface area contributed by atoms with Gasteiger partial charge in [0, 0.05) is 19.3 Å². The smallest absolute Gasteiger partial charge is 0.306 e. The first-order valence-electron chi connectivity index (χ1n) is 26.6. The van der Waals surface area contributed by atoms with Crippen molar-refractivity contribution in [2.24, 2.45) is 17.8 Å². The highest BCUT2D eigenvalue weighted by atomic mass is 16.6. The minimum atomic E-state index is -0.763. The maximum atomic E-state index is 12.8. The fourth-order valence-corrected chi connectivity index (χ4v) is 8.08. The fraction of sp³-hybridized carbons (Fsp3) is 0.944. The van der Waals surface area contributed by atoms with Gasteiger partial charge in [0.15, 0.2) is 6.10 Å². The molecule has 0 aliphatic carbocycles. The van der Waals surface area contributed by atoms with E-state index in [2.05, 4.69) is 41.5 Å². The molecule has 0 radical (unpaired) electrons. The quantitative estimate of drug-likeness (QED) is 0.0345. The summed E-state index contributed by atoms with van der Waals surface area (Å²) in [5.74, 6) is 1.61. The summed E-state index contributed by atoms with van der Waals surface area (Å²) in [4.78, 5) is 37.9. The Hall–Kier alpha value is -1.59. The molecule has 6 nitrogen and oxygen atoms in total. The van der Waals surface area contributed by atoms with Gasteiger partial charge >= 0.3 is 17.9 Å². The predicted molar refractivity (Wildman–Crippen MR) is 256 cm³/mol. The van der Waals surface area contributed by atoms with Crippen molar-refractivity contribution in [2.75, 3.05) is 13.2 Å². The Kier molecular flexibility index (Phi) is 44.2. The molecular weight excluding hydrogens is 745 g/mol. The Morgan fingerprint density at radius 3 is 0.867 bits per heavy atom. The summed E-state index contributed by atoms with van der Waals surface area (Å²) < 4.78 is 16.8. The number of carbonyl (C=O) groups is 3. The van der Waals surface area contributed by atoms with E-state index in [-0.39, 0.29) is 31.1 Å². The van der Waals surface area contributed by atoms with Gasteiger partial charge in [-0.15, -0.1) is 0 Å². The van der Waals surface area contributed by atoms with Crippen LogP contribution in [0.2, 0.25) is 0 Å². The molecule has 6 heteroatoms. The Bertz CT molecular complexity index is 931. The van der Waals surface area contributed by atoms with E-state index in [1.54, 1.807) is 0 Å². The third kappa shape index (κ3) is 45.9. The van der Waals surface area contributed by atoms with E-state index in [1.807, 2.05) is 0 Å². The Morgan fingerprint density at radius 2 is 0.583 bits per heavy atom. The van der Waals surface area contributed by atoms with Gasteiger partial charge in [0.05, 0.1) is 0 Å². The number of hydrogen-bond acceptors (Lipinski definition) is 6. The normalized spacial score (nSPS) is 12.6. The van der Waals surface area contributed by atoms with Gasteiger partial charge in [-0.25, -0.2) is 0 Å². The minimum absolute atomic E-state index is 0.0658. The number of carbonyl (C=O) groups excluding carboxylic acids is 3. The zero-order chi connectivity index (χ0) is 44.2. The maximum Gasteiger partial charge on any atom is 0.306 e. The second-order valence-corrected chi connectivity index (χ2v) is 19.7. The third-order valence-electron chi connectivity index (χ3n) is 12.5.